The van der Waals surface area contributed by atoms with Gasteiger partial charge in [-0.25, -0.2) is 4.98 Å². The fourth-order valence-corrected chi connectivity index (χ4v) is 2.83. The highest BCUT2D eigenvalue weighted by Crippen LogP contribution is 2.32. The molecule has 4 nitrogen and oxygen atoms in total. The van der Waals surface area contributed by atoms with Crippen molar-refractivity contribution in [3.05, 3.63) is 57.6 Å². The molecule has 0 fully saturated rings. The topological polar surface area (TPSA) is 51.2 Å². The van der Waals surface area contributed by atoms with Gasteiger partial charge in [-0.05, 0) is 29.8 Å². The molecule has 1 aliphatic heterocycles. The summed E-state index contributed by atoms with van der Waals surface area (Å²) in [4.78, 5) is 15.5. The Kier molecular flexibility index (Phi) is 3.88. The number of hydrogen-bond acceptors (Lipinski definition) is 3. The van der Waals surface area contributed by atoms with Crippen LogP contribution < -0.4 is 10.1 Å². The summed E-state index contributed by atoms with van der Waals surface area (Å²) in [6, 6.07) is 8.05. The van der Waals surface area contributed by atoms with Crippen LogP contribution in [-0.4, -0.2) is 17.5 Å². The minimum atomic E-state index is -0.672. The average Bonchev–Trinajstić information content (AvgIpc) is 2.92. The van der Waals surface area contributed by atoms with E-state index in [1.165, 1.54) is 18.2 Å². The van der Waals surface area contributed by atoms with E-state index in [2.05, 4.69) is 26.2 Å². The highest BCUT2D eigenvalue weighted by molar-refractivity contribution is 9.10. The van der Waals surface area contributed by atoms with Crippen molar-refractivity contribution in [1.82, 2.24) is 10.3 Å². The van der Waals surface area contributed by atoms with E-state index in [4.69, 9.17) is 4.74 Å². The summed E-state index contributed by atoms with van der Waals surface area (Å²) >= 11 is 3.45. The van der Waals surface area contributed by atoms with Gasteiger partial charge in [0, 0.05) is 23.0 Å². The van der Waals surface area contributed by atoms with Gasteiger partial charge in [-0.1, -0.05) is 22.0 Å². The lowest BCUT2D eigenvalue weighted by Gasteiger charge is -2.10. The standard InChI is InChI=1S/C15H12BrFN2O2/c16-11-6-9-4-5-21-14(9)10(7-11)8-18-15(20)12-2-1-3-13(17)19-12/h1-3,6-7H,4-5,8H2,(H,18,20). The SMILES string of the molecule is O=C(NCc1cc(Br)cc2c1OCC2)c1cccc(F)n1. The van der Waals surface area contributed by atoms with Crippen molar-refractivity contribution < 1.29 is 13.9 Å². The first-order valence-electron chi connectivity index (χ1n) is 6.48. The molecule has 0 saturated heterocycles. The normalized spacial score (nSPS) is 12.7. The molecule has 6 heteroatoms. The third-order valence-electron chi connectivity index (χ3n) is 3.21. The van der Waals surface area contributed by atoms with Gasteiger partial charge in [0.2, 0.25) is 5.95 Å². The maximum absolute atomic E-state index is 13.0. The van der Waals surface area contributed by atoms with Crippen molar-refractivity contribution in [3.8, 4) is 5.75 Å². The van der Waals surface area contributed by atoms with Crippen LogP contribution in [0.25, 0.3) is 0 Å². The van der Waals surface area contributed by atoms with Crippen LogP contribution in [0.1, 0.15) is 21.6 Å². The molecule has 2 aromatic rings. The summed E-state index contributed by atoms with van der Waals surface area (Å²) in [7, 11) is 0. The molecule has 0 saturated carbocycles. The number of halogens is 2. The summed E-state index contributed by atoms with van der Waals surface area (Å²) in [6.07, 6.45) is 0.862. The predicted molar refractivity (Wildman–Crippen MR) is 78.7 cm³/mol. The van der Waals surface area contributed by atoms with E-state index >= 15 is 0 Å². The lowest BCUT2D eigenvalue weighted by atomic mass is 10.1. The van der Waals surface area contributed by atoms with Crippen molar-refractivity contribution >= 4 is 21.8 Å². The number of hydrogen-bond donors (Lipinski definition) is 1. The monoisotopic (exact) mass is 350 g/mol. The molecule has 1 aromatic carbocycles. The largest absolute Gasteiger partial charge is 0.493 e. The van der Waals surface area contributed by atoms with Crippen molar-refractivity contribution in [1.29, 1.82) is 0 Å². The Hall–Kier alpha value is -1.95. The molecule has 0 spiro atoms. The number of nitrogens with zero attached hydrogens (tertiary/aromatic N) is 1. The summed E-state index contributed by atoms with van der Waals surface area (Å²) in [5, 5.41) is 2.73. The number of rotatable bonds is 3. The number of nitrogens with one attached hydrogen (secondary N) is 1. The Bertz CT molecular complexity index is 706. The second kappa shape index (κ2) is 5.81. The van der Waals surface area contributed by atoms with E-state index in [9.17, 15) is 9.18 Å². The molecule has 0 aliphatic carbocycles. The van der Waals surface area contributed by atoms with E-state index in [0.717, 1.165) is 27.8 Å². The van der Waals surface area contributed by atoms with Gasteiger partial charge in [0.1, 0.15) is 11.4 Å². The van der Waals surface area contributed by atoms with Gasteiger partial charge in [-0.3, -0.25) is 4.79 Å². The first-order valence-corrected chi connectivity index (χ1v) is 7.27. The van der Waals surface area contributed by atoms with Crippen molar-refractivity contribution in [3.63, 3.8) is 0 Å². The molecule has 0 unspecified atom stereocenters. The Morgan fingerprint density at radius 3 is 3.10 bits per heavy atom. The molecule has 21 heavy (non-hydrogen) atoms. The van der Waals surface area contributed by atoms with E-state index in [1.54, 1.807) is 0 Å². The maximum atomic E-state index is 13.0. The summed E-state index contributed by atoms with van der Waals surface area (Å²) in [5.41, 5.74) is 2.07. The zero-order chi connectivity index (χ0) is 14.8. The molecule has 1 N–H and O–H groups in total. The fraction of sp³-hybridized carbons (Fsp3) is 0.200. The quantitative estimate of drug-likeness (QED) is 0.866. The van der Waals surface area contributed by atoms with Crippen LogP contribution in [0.3, 0.4) is 0 Å². The minimum absolute atomic E-state index is 0.0579. The molecule has 108 valence electrons. The van der Waals surface area contributed by atoms with Crippen molar-refractivity contribution in [2.45, 2.75) is 13.0 Å². The molecular formula is C15H12BrFN2O2. The molecule has 1 aliphatic rings. The fourth-order valence-electron chi connectivity index (χ4n) is 2.28. The molecule has 0 radical (unpaired) electrons. The van der Waals surface area contributed by atoms with E-state index in [1.807, 2.05) is 12.1 Å². The van der Waals surface area contributed by atoms with Gasteiger partial charge in [-0.15, -0.1) is 0 Å². The number of benzene rings is 1. The molecule has 0 bridgehead atoms. The number of carbonyl (C=O) groups excluding carboxylic acids is 1. The molecule has 1 amide bonds. The predicted octanol–water partition coefficient (Wildman–Crippen LogP) is 2.85. The number of aromatic nitrogens is 1. The van der Waals surface area contributed by atoms with Crippen LogP contribution in [0.5, 0.6) is 5.75 Å². The van der Waals surface area contributed by atoms with Gasteiger partial charge in [0.25, 0.3) is 5.91 Å². The van der Waals surface area contributed by atoms with Gasteiger partial charge in [0.05, 0.1) is 6.61 Å². The number of amides is 1. The van der Waals surface area contributed by atoms with E-state index < -0.39 is 11.9 Å². The summed E-state index contributed by atoms with van der Waals surface area (Å²) < 4.78 is 19.5. The average molecular weight is 351 g/mol. The van der Waals surface area contributed by atoms with Crippen molar-refractivity contribution in [2.24, 2.45) is 0 Å². The molecular weight excluding hydrogens is 339 g/mol. The number of pyridine rings is 1. The first kappa shape index (κ1) is 14.0. The number of carbonyl (C=O) groups is 1. The van der Waals surface area contributed by atoms with Crippen LogP contribution in [-0.2, 0) is 13.0 Å². The Labute approximate surface area is 129 Å². The highest BCUT2D eigenvalue weighted by atomic mass is 79.9. The molecule has 3 rings (SSSR count). The number of fused-ring (bicyclic) bond motifs is 1. The van der Waals surface area contributed by atoms with Gasteiger partial charge in [-0.2, -0.15) is 4.39 Å². The van der Waals surface area contributed by atoms with E-state index in [0.29, 0.717) is 13.2 Å². The van der Waals surface area contributed by atoms with Crippen LogP contribution >= 0.6 is 15.9 Å². The summed E-state index contributed by atoms with van der Waals surface area (Å²) in [5.74, 6) is -0.263. The van der Waals surface area contributed by atoms with Crippen LogP contribution in [0.2, 0.25) is 0 Å². The minimum Gasteiger partial charge on any atom is -0.493 e. The second-order valence-electron chi connectivity index (χ2n) is 4.68. The van der Waals surface area contributed by atoms with Gasteiger partial charge >= 0.3 is 0 Å². The first-order chi connectivity index (χ1) is 10.1. The van der Waals surface area contributed by atoms with Crippen LogP contribution in [0.15, 0.2) is 34.8 Å². The smallest absolute Gasteiger partial charge is 0.270 e. The lowest BCUT2D eigenvalue weighted by Crippen LogP contribution is -2.24. The molecule has 1 aromatic heterocycles. The lowest BCUT2D eigenvalue weighted by molar-refractivity contribution is 0.0944. The Morgan fingerprint density at radius 2 is 2.29 bits per heavy atom. The zero-order valence-electron chi connectivity index (χ0n) is 11.0. The second-order valence-corrected chi connectivity index (χ2v) is 5.60. The highest BCUT2D eigenvalue weighted by Gasteiger charge is 2.18. The van der Waals surface area contributed by atoms with Crippen molar-refractivity contribution in [2.75, 3.05) is 6.61 Å². The van der Waals surface area contributed by atoms with Gasteiger partial charge < -0.3 is 10.1 Å². The maximum Gasteiger partial charge on any atom is 0.270 e. The third-order valence-corrected chi connectivity index (χ3v) is 3.67. The third kappa shape index (κ3) is 3.05. The Morgan fingerprint density at radius 1 is 1.43 bits per heavy atom. The Balaban J connectivity index is 1.75. The molecule has 2 heterocycles. The van der Waals surface area contributed by atoms with Crippen LogP contribution in [0, 0.1) is 5.95 Å². The van der Waals surface area contributed by atoms with Gasteiger partial charge in [0.15, 0.2) is 0 Å². The molecule has 0 atom stereocenters. The summed E-state index contributed by atoms with van der Waals surface area (Å²) in [6.45, 7) is 0.955. The van der Waals surface area contributed by atoms with E-state index in [-0.39, 0.29) is 5.69 Å². The van der Waals surface area contributed by atoms with Crippen LogP contribution in [0.4, 0.5) is 4.39 Å². The zero-order valence-corrected chi connectivity index (χ0v) is 12.6. The number of ether oxygens (including phenoxy) is 1.